The Bertz CT molecular complexity index is 806. The number of fused-ring (bicyclic) bond motifs is 1. The van der Waals surface area contributed by atoms with Crippen molar-refractivity contribution in [2.24, 2.45) is 0 Å². The lowest BCUT2D eigenvalue weighted by atomic mass is 10.1. The monoisotopic (exact) mass is 299 g/mol. The zero-order valence-electron chi connectivity index (χ0n) is 11.6. The number of methoxy groups -OCH3 is 1. The average molecular weight is 300 g/mol. The van der Waals surface area contributed by atoms with E-state index < -0.39 is 0 Å². The minimum atomic E-state index is 0.581. The molecule has 2 aromatic heterocycles. The van der Waals surface area contributed by atoms with E-state index in [1.165, 1.54) is 12.8 Å². The molecule has 1 fully saturated rings. The van der Waals surface area contributed by atoms with Gasteiger partial charge in [0.1, 0.15) is 10.9 Å². The summed E-state index contributed by atoms with van der Waals surface area (Å²) in [5, 5.41) is 5.12. The van der Waals surface area contributed by atoms with Crippen molar-refractivity contribution in [3.63, 3.8) is 0 Å². The molecule has 0 bridgehead atoms. The van der Waals surface area contributed by atoms with Crippen molar-refractivity contribution in [3.8, 4) is 17.0 Å². The minimum Gasteiger partial charge on any atom is -0.497 e. The molecule has 5 heteroatoms. The molecular weight excluding hydrogens is 286 g/mol. The average Bonchev–Trinajstić information content (AvgIpc) is 3.27. The van der Waals surface area contributed by atoms with Crippen LogP contribution in [0.3, 0.4) is 0 Å². The Morgan fingerprint density at radius 3 is 2.62 bits per heavy atom. The fourth-order valence-electron chi connectivity index (χ4n) is 2.44. The highest BCUT2D eigenvalue weighted by molar-refractivity contribution is 6.30. The molecule has 0 aliphatic heterocycles. The largest absolute Gasteiger partial charge is 0.497 e. The zero-order chi connectivity index (χ0) is 14.4. The highest BCUT2D eigenvalue weighted by atomic mass is 35.5. The number of nitrogens with zero attached hydrogens (tertiary/aromatic N) is 3. The van der Waals surface area contributed by atoms with Crippen LogP contribution in [0.25, 0.3) is 16.9 Å². The third-order valence-electron chi connectivity index (χ3n) is 3.78. The van der Waals surface area contributed by atoms with E-state index >= 15 is 0 Å². The Labute approximate surface area is 127 Å². The normalized spacial score (nSPS) is 14.6. The van der Waals surface area contributed by atoms with Gasteiger partial charge in [-0.1, -0.05) is 11.6 Å². The predicted molar refractivity (Wildman–Crippen MR) is 82.0 cm³/mol. The lowest BCUT2D eigenvalue weighted by Gasteiger charge is -2.05. The van der Waals surface area contributed by atoms with Crippen LogP contribution in [0, 0.1) is 0 Å². The molecule has 1 aromatic carbocycles. The maximum Gasteiger partial charge on any atom is 0.157 e. The van der Waals surface area contributed by atoms with Crippen molar-refractivity contribution in [1.82, 2.24) is 14.6 Å². The molecule has 21 heavy (non-hydrogen) atoms. The topological polar surface area (TPSA) is 39.4 Å². The first-order valence-corrected chi connectivity index (χ1v) is 7.33. The molecule has 4 rings (SSSR count). The van der Waals surface area contributed by atoms with Gasteiger partial charge >= 0.3 is 0 Å². The van der Waals surface area contributed by atoms with E-state index in [1.807, 2.05) is 36.4 Å². The van der Waals surface area contributed by atoms with Gasteiger partial charge in [-0.25, -0.2) is 9.50 Å². The van der Waals surface area contributed by atoms with Crippen LogP contribution >= 0.6 is 11.6 Å². The quantitative estimate of drug-likeness (QED) is 0.688. The maximum atomic E-state index is 6.34. The van der Waals surface area contributed by atoms with E-state index in [4.69, 9.17) is 16.3 Å². The second-order valence-electron chi connectivity index (χ2n) is 5.31. The summed E-state index contributed by atoms with van der Waals surface area (Å²) in [6.45, 7) is 0. The number of hydrogen-bond acceptors (Lipinski definition) is 3. The van der Waals surface area contributed by atoms with Crippen molar-refractivity contribution in [3.05, 3.63) is 47.2 Å². The van der Waals surface area contributed by atoms with Crippen LogP contribution in [-0.2, 0) is 0 Å². The van der Waals surface area contributed by atoms with Gasteiger partial charge < -0.3 is 4.74 Å². The van der Waals surface area contributed by atoms with E-state index in [0.29, 0.717) is 11.1 Å². The smallest absolute Gasteiger partial charge is 0.157 e. The molecule has 1 aliphatic carbocycles. The second-order valence-corrected chi connectivity index (χ2v) is 5.69. The number of rotatable bonds is 3. The molecule has 0 radical (unpaired) electrons. The SMILES string of the molecule is COc1ccc(-c2cc(Cl)n3nc(C4CC4)cc3n2)cc1. The molecule has 2 heterocycles. The molecule has 0 amide bonds. The Balaban J connectivity index is 1.80. The van der Waals surface area contributed by atoms with Gasteiger partial charge in [-0.3, -0.25) is 0 Å². The van der Waals surface area contributed by atoms with Crippen LogP contribution in [0.4, 0.5) is 0 Å². The van der Waals surface area contributed by atoms with Gasteiger partial charge in [-0.2, -0.15) is 5.10 Å². The van der Waals surface area contributed by atoms with Gasteiger partial charge in [-0.15, -0.1) is 0 Å². The van der Waals surface area contributed by atoms with Crippen LogP contribution in [0.5, 0.6) is 5.75 Å². The number of ether oxygens (including phenoxy) is 1. The first-order valence-electron chi connectivity index (χ1n) is 6.95. The minimum absolute atomic E-state index is 0.581. The van der Waals surface area contributed by atoms with E-state index in [-0.39, 0.29) is 0 Å². The maximum absolute atomic E-state index is 6.34. The van der Waals surface area contributed by atoms with Crippen LogP contribution < -0.4 is 4.74 Å². The molecule has 1 aliphatic rings. The Kier molecular flexibility index (Phi) is 2.86. The molecule has 0 N–H and O–H groups in total. The lowest BCUT2D eigenvalue weighted by Crippen LogP contribution is -1.95. The number of benzene rings is 1. The van der Waals surface area contributed by atoms with E-state index in [9.17, 15) is 0 Å². The van der Waals surface area contributed by atoms with Gasteiger partial charge in [0.25, 0.3) is 0 Å². The van der Waals surface area contributed by atoms with Crippen LogP contribution in [0.15, 0.2) is 36.4 Å². The summed E-state index contributed by atoms with van der Waals surface area (Å²) in [6, 6.07) is 11.7. The summed E-state index contributed by atoms with van der Waals surface area (Å²) in [7, 11) is 1.65. The number of hydrogen-bond donors (Lipinski definition) is 0. The summed E-state index contributed by atoms with van der Waals surface area (Å²) in [5.41, 5.74) is 3.75. The van der Waals surface area contributed by atoms with Gasteiger partial charge in [0.15, 0.2) is 5.65 Å². The molecule has 3 aromatic rings. The van der Waals surface area contributed by atoms with Crippen LogP contribution in [0.1, 0.15) is 24.5 Å². The van der Waals surface area contributed by atoms with E-state index in [2.05, 4.69) is 10.1 Å². The van der Waals surface area contributed by atoms with Crippen molar-refractivity contribution in [2.75, 3.05) is 7.11 Å². The number of halogens is 1. The molecular formula is C16H14ClN3O. The van der Waals surface area contributed by atoms with Crippen molar-refractivity contribution in [1.29, 1.82) is 0 Å². The van der Waals surface area contributed by atoms with Gasteiger partial charge in [0, 0.05) is 23.6 Å². The zero-order valence-corrected chi connectivity index (χ0v) is 12.3. The van der Waals surface area contributed by atoms with Crippen molar-refractivity contribution >= 4 is 17.2 Å². The highest BCUT2D eigenvalue weighted by Crippen LogP contribution is 2.39. The van der Waals surface area contributed by atoms with Crippen LogP contribution in [-0.4, -0.2) is 21.7 Å². The third kappa shape index (κ3) is 2.25. The fourth-order valence-corrected chi connectivity index (χ4v) is 2.67. The van der Waals surface area contributed by atoms with E-state index in [1.54, 1.807) is 11.6 Å². The molecule has 106 valence electrons. The Morgan fingerprint density at radius 2 is 1.95 bits per heavy atom. The summed E-state index contributed by atoms with van der Waals surface area (Å²) in [4.78, 5) is 4.67. The molecule has 1 saturated carbocycles. The Hall–Kier alpha value is -2.07. The first-order chi connectivity index (χ1) is 10.2. The van der Waals surface area contributed by atoms with Gasteiger partial charge in [0.2, 0.25) is 0 Å². The van der Waals surface area contributed by atoms with E-state index in [0.717, 1.165) is 28.3 Å². The molecule has 0 atom stereocenters. The highest BCUT2D eigenvalue weighted by Gasteiger charge is 2.27. The Morgan fingerprint density at radius 1 is 1.19 bits per heavy atom. The fraction of sp³-hybridized carbons (Fsp3) is 0.250. The predicted octanol–water partition coefficient (Wildman–Crippen LogP) is 3.94. The van der Waals surface area contributed by atoms with Crippen molar-refractivity contribution in [2.45, 2.75) is 18.8 Å². The third-order valence-corrected chi connectivity index (χ3v) is 4.05. The number of aromatic nitrogens is 3. The summed E-state index contributed by atoms with van der Waals surface area (Å²) in [6.07, 6.45) is 2.43. The molecule has 0 spiro atoms. The lowest BCUT2D eigenvalue weighted by molar-refractivity contribution is 0.415. The van der Waals surface area contributed by atoms with Crippen molar-refractivity contribution < 1.29 is 4.74 Å². The molecule has 4 nitrogen and oxygen atoms in total. The van der Waals surface area contributed by atoms with Gasteiger partial charge in [0.05, 0.1) is 18.5 Å². The molecule has 0 saturated heterocycles. The summed E-state index contributed by atoms with van der Waals surface area (Å²) in [5.74, 6) is 1.42. The van der Waals surface area contributed by atoms with Gasteiger partial charge in [-0.05, 0) is 37.1 Å². The standard InChI is InChI=1S/C16H14ClN3O/c1-21-12-6-4-10(5-7-12)13-8-15(17)20-16(18-13)9-14(19-20)11-2-3-11/h4-9,11H,2-3H2,1H3. The van der Waals surface area contributed by atoms with Crippen LogP contribution in [0.2, 0.25) is 5.15 Å². The second kappa shape index (κ2) is 4.74. The summed E-state index contributed by atoms with van der Waals surface area (Å²) < 4.78 is 6.89. The summed E-state index contributed by atoms with van der Waals surface area (Å²) >= 11 is 6.34. The molecule has 0 unspecified atom stereocenters. The first kappa shape index (κ1) is 12.7.